The van der Waals surface area contributed by atoms with Crippen molar-refractivity contribution in [3.63, 3.8) is 0 Å². The number of ether oxygens (including phenoxy) is 2. The van der Waals surface area contributed by atoms with Gasteiger partial charge in [0.2, 0.25) is 11.7 Å². The molecule has 0 aliphatic carbocycles. The highest BCUT2D eigenvalue weighted by molar-refractivity contribution is 5.60. The van der Waals surface area contributed by atoms with Gasteiger partial charge in [-0.2, -0.15) is 4.98 Å². The largest absolute Gasteiger partial charge is 0.493 e. The number of nitrogens with zero attached hydrogens (tertiary/aromatic N) is 6. The molecule has 0 radical (unpaired) electrons. The minimum absolute atomic E-state index is 0.402. The van der Waals surface area contributed by atoms with Gasteiger partial charge in [0.05, 0.1) is 20.8 Å². The molecule has 0 bridgehead atoms. The number of fused-ring (bicyclic) bond motifs is 1. The molecule has 4 aromatic rings. The summed E-state index contributed by atoms with van der Waals surface area (Å²) in [5, 5.41) is 12.9. The van der Waals surface area contributed by atoms with Crippen LogP contribution < -0.4 is 9.47 Å². The van der Waals surface area contributed by atoms with Crippen LogP contribution in [0.1, 0.15) is 30.5 Å². The first-order valence-electron chi connectivity index (χ1n) is 10.3. The summed E-state index contributed by atoms with van der Waals surface area (Å²) in [5.41, 5.74) is 1.72. The highest BCUT2D eigenvalue weighted by Crippen LogP contribution is 2.32. The number of hydrogen-bond donors (Lipinski definition) is 0. The van der Waals surface area contributed by atoms with E-state index in [1.807, 2.05) is 42.6 Å². The molecule has 9 nitrogen and oxygen atoms in total. The lowest BCUT2D eigenvalue weighted by Crippen LogP contribution is -2.33. The van der Waals surface area contributed by atoms with Crippen LogP contribution in [0.25, 0.3) is 17.0 Å². The summed E-state index contributed by atoms with van der Waals surface area (Å²) in [6.45, 7) is 2.52. The Kier molecular flexibility index (Phi) is 5.25. The Bertz CT molecular complexity index is 1180. The monoisotopic (exact) mass is 420 g/mol. The van der Waals surface area contributed by atoms with Crippen LogP contribution >= 0.6 is 0 Å². The normalized spacial score (nSPS) is 15.4. The van der Waals surface area contributed by atoms with E-state index in [1.54, 1.807) is 14.2 Å². The van der Waals surface area contributed by atoms with Crippen molar-refractivity contribution in [1.82, 2.24) is 29.6 Å². The zero-order chi connectivity index (χ0) is 21.2. The van der Waals surface area contributed by atoms with Gasteiger partial charge in [-0.05, 0) is 56.3 Å². The van der Waals surface area contributed by atoms with Crippen molar-refractivity contribution in [3.05, 3.63) is 54.3 Å². The Labute approximate surface area is 179 Å². The fourth-order valence-corrected chi connectivity index (χ4v) is 4.09. The number of likely N-dealkylation sites (tertiary alicyclic amines) is 1. The van der Waals surface area contributed by atoms with Crippen LogP contribution in [0, 0.1) is 0 Å². The predicted molar refractivity (Wildman–Crippen MR) is 113 cm³/mol. The number of pyridine rings is 1. The van der Waals surface area contributed by atoms with Crippen molar-refractivity contribution in [2.75, 3.05) is 27.3 Å². The van der Waals surface area contributed by atoms with E-state index in [-0.39, 0.29) is 0 Å². The SMILES string of the molecule is COc1ccc(-c2noc(CN3CCC(c4nnc5ccccn45)CC3)n2)cc1OC. The van der Waals surface area contributed by atoms with Gasteiger partial charge in [-0.1, -0.05) is 11.2 Å². The van der Waals surface area contributed by atoms with E-state index in [0.29, 0.717) is 35.7 Å². The maximum absolute atomic E-state index is 5.51. The maximum atomic E-state index is 5.51. The van der Waals surface area contributed by atoms with Crippen LogP contribution in [-0.4, -0.2) is 56.9 Å². The molecular formula is C22H24N6O3. The third-order valence-electron chi connectivity index (χ3n) is 5.76. The molecule has 1 aromatic carbocycles. The van der Waals surface area contributed by atoms with E-state index < -0.39 is 0 Å². The van der Waals surface area contributed by atoms with Gasteiger partial charge < -0.3 is 14.0 Å². The number of benzene rings is 1. The van der Waals surface area contributed by atoms with E-state index in [2.05, 4.69) is 29.6 Å². The zero-order valence-corrected chi connectivity index (χ0v) is 17.6. The molecule has 4 heterocycles. The van der Waals surface area contributed by atoms with Crippen molar-refractivity contribution < 1.29 is 14.0 Å². The van der Waals surface area contributed by atoms with Crippen LogP contribution in [0.4, 0.5) is 0 Å². The summed E-state index contributed by atoms with van der Waals surface area (Å²) in [4.78, 5) is 6.91. The summed E-state index contributed by atoms with van der Waals surface area (Å²) >= 11 is 0. The summed E-state index contributed by atoms with van der Waals surface area (Å²) in [5.74, 6) is 3.90. The molecule has 160 valence electrons. The van der Waals surface area contributed by atoms with Crippen LogP contribution in [-0.2, 0) is 6.54 Å². The molecule has 0 N–H and O–H groups in total. The second-order valence-electron chi connectivity index (χ2n) is 7.62. The molecule has 1 aliphatic heterocycles. The van der Waals surface area contributed by atoms with Gasteiger partial charge in [-0.15, -0.1) is 10.2 Å². The number of aromatic nitrogens is 5. The van der Waals surface area contributed by atoms with Gasteiger partial charge in [0, 0.05) is 17.7 Å². The van der Waals surface area contributed by atoms with Crippen LogP contribution in [0.15, 0.2) is 47.1 Å². The van der Waals surface area contributed by atoms with Gasteiger partial charge in [-0.25, -0.2) is 0 Å². The Morgan fingerprint density at radius 3 is 2.68 bits per heavy atom. The van der Waals surface area contributed by atoms with Crippen LogP contribution in [0.5, 0.6) is 11.5 Å². The highest BCUT2D eigenvalue weighted by atomic mass is 16.5. The number of hydrogen-bond acceptors (Lipinski definition) is 8. The van der Waals surface area contributed by atoms with Gasteiger partial charge in [0.15, 0.2) is 17.1 Å². The fourth-order valence-electron chi connectivity index (χ4n) is 4.09. The van der Waals surface area contributed by atoms with E-state index in [0.717, 1.165) is 43.0 Å². The summed E-state index contributed by atoms with van der Waals surface area (Å²) in [7, 11) is 3.22. The smallest absolute Gasteiger partial charge is 0.241 e. The summed E-state index contributed by atoms with van der Waals surface area (Å²) in [6, 6.07) is 11.6. The molecule has 3 aromatic heterocycles. The van der Waals surface area contributed by atoms with Crippen molar-refractivity contribution in [3.8, 4) is 22.9 Å². The minimum atomic E-state index is 0.402. The first-order valence-corrected chi connectivity index (χ1v) is 10.3. The number of methoxy groups -OCH3 is 2. The molecule has 0 amide bonds. The van der Waals surface area contributed by atoms with Gasteiger partial charge in [0.1, 0.15) is 5.82 Å². The fraction of sp³-hybridized carbons (Fsp3) is 0.364. The van der Waals surface area contributed by atoms with Gasteiger partial charge in [-0.3, -0.25) is 9.30 Å². The molecule has 0 atom stereocenters. The lowest BCUT2D eigenvalue weighted by molar-refractivity contribution is 0.178. The van der Waals surface area contributed by atoms with E-state index in [4.69, 9.17) is 14.0 Å². The Morgan fingerprint density at radius 1 is 1.03 bits per heavy atom. The highest BCUT2D eigenvalue weighted by Gasteiger charge is 2.25. The first-order chi connectivity index (χ1) is 15.2. The molecule has 31 heavy (non-hydrogen) atoms. The lowest BCUT2D eigenvalue weighted by Gasteiger charge is -2.29. The van der Waals surface area contributed by atoms with E-state index >= 15 is 0 Å². The van der Waals surface area contributed by atoms with Crippen molar-refractivity contribution in [2.24, 2.45) is 0 Å². The van der Waals surface area contributed by atoms with Crippen molar-refractivity contribution >= 4 is 5.65 Å². The molecule has 0 spiro atoms. The molecule has 1 aliphatic rings. The molecule has 0 unspecified atom stereocenters. The molecule has 1 fully saturated rings. The average Bonchev–Trinajstić information content (AvgIpc) is 3.46. The minimum Gasteiger partial charge on any atom is -0.493 e. The number of piperidine rings is 1. The second-order valence-corrected chi connectivity index (χ2v) is 7.62. The van der Waals surface area contributed by atoms with E-state index in [1.165, 1.54) is 0 Å². The maximum Gasteiger partial charge on any atom is 0.241 e. The third kappa shape index (κ3) is 3.84. The topological polar surface area (TPSA) is 90.8 Å². The third-order valence-corrected chi connectivity index (χ3v) is 5.76. The first kappa shape index (κ1) is 19.5. The predicted octanol–water partition coefficient (Wildman–Crippen LogP) is 3.18. The van der Waals surface area contributed by atoms with Crippen molar-refractivity contribution in [2.45, 2.75) is 25.3 Å². The van der Waals surface area contributed by atoms with Gasteiger partial charge in [0.25, 0.3) is 0 Å². The number of rotatable bonds is 6. The molecule has 0 saturated carbocycles. The molecule has 9 heteroatoms. The Balaban J connectivity index is 1.23. The lowest BCUT2D eigenvalue weighted by atomic mass is 9.96. The Hall–Kier alpha value is -3.46. The second kappa shape index (κ2) is 8.35. The van der Waals surface area contributed by atoms with Crippen molar-refractivity contribution in [1.29, 1.82) is 0 Å². The average molecular weight is 420 g/mol. The van der Waals surface area contributed by atoms with E-state index in [9.17, 15) is 0 Å². The summed E-state index contributed by atoms with van der Waals surface area (Å²) in [6.07, 6.45) is 4.07. The molecule has 5 rings (SSSR count). The summed E-state index contributed by atoms with van der Waals surface area (Å²) < 4.78 is 18.2. The quantitative estimate of drug-likeness (QED) is 0.470. The zero-order valence-electron chi connectivity index (χ0n) is 17.6. The Morgan fingerprint density at radius 2 is 1.87 bits per heavy atom. The van der Waals surface area contributed by atoms with Gasteiger partial charge >= 0.3 is 0 Å². The van der Waals surface area contributed by atoms with Crippen LogP contribution in [0.2, 0.25) is 0 Å². The molecule has 1 saturated heterocycles. The molecular weight excluding hydrogens is 396 g/mol. The standard InChI is InChI=1S/C22H24N6O3/c1-29-17-7-6-16(13-18(17)30-2)21-23-20(31-26-21)14-27-11-8-15(9-12-27)22-25-24-19-5-3-4-10-28(19)22/h3-7,10,13,15H,8-9,11-12,14H2,1-2H3. The van der Waals surface area contributed by atoms with Crippen LogP contribution in [0.3, 0.4) is 0 Å².